The number of anilines is 1. The maximum atomic E-state index is 11.2. The molecule has 3 nitrogen and oxygen atoms in total. The van der Waals surface area contributed by atoms with Crippen molar-refractivity contribution in [3.05, 3.63) is 28.8 Å². The van der Waals surface area contributed by atoms with E-state index in [0.717, 1.165) is 12.5 Å². The minimum Gasteiger partial charge on any atom is -0.478 e. The summed E-state index contributed by atoms with van der Waals surface area (Å²) in [5, 5.41) is 13.0. The van der Waals surface area contributed by atoms with Crippen LogP contribution in [0.5, 0.6) is 0 Å². The highest BCUT2D eigenvalue weighted by Gasteiger charge is 2.20. The van der Waals surface area contributed by atoms with E-state index in [4.69, 9.17) is 11.6 Å². The van der Waals surface area contributed by atoms with Crippen LogP contribution in [-0.4, -0.2) is 17.6 Å². The fourth-order valence-corrected chi connectivity index (χ4v) is 3.12. The lowest BCUT2D eigenvalue weighted by molar-refractivity contribution is 0.0698. The Morgan fingerprint density at radius 1 is 1.30 bits per heavy atom. The maximum Gasteiger partial charge on any atom is 0.337 e. The number of halogens is 1. The van der Waals surface area contributed by atoms with Crippen molar-refractivity contribution < 1.29 is 9.90 Å². The molecule has 110 valence electrons. The largest absolute Gasteiger partial charge is 0.478 e. The van der Waals surface area contributed by atoms with E-state index in [9.17, 15) is 9.90 Å². The van der Waals surface area contributed by atoms with Gasteiger partial charge in [0.2, 0.25) is 0 Å². The van der Waals surface area contributed by atoms with Crippen molar-refractivity contribution in [2.75, 3.05) is 11.9 Å². The van der Waals surface area contributed by atoms with Gasteiger partial charge in [0.1, 0.15) is 0 Å². The summed E-state index contributed by atoms with van der Waals surface area (Å²) >= 11 is 5.95. The van der Waals surface area contributed by atoms with Crippen molar-refractivity contribution in [3.63, 3.8) is 0 Å². The van der Waals surface area contributed by atoms with Crippen LogP contribution in [0.4, 0.5) is 5.69 Å². The van der Waals surface area contributed by atoms with Gasteiger partial charge in [-0.3, -0.25) is 0 Å². The summed E-state index contributed by atoms with van der Waals surface area (Å²) in [6.45, 7) is 3.09. The molecule has 0 atom stereocenters. The summed E-state index contributed by atoms with van der Waals surface area (Å²) in [7, 11) is 0. The van der Waals surface area contributed by atoms with Crippen LogP contribution in [0, 0.1) is 11.8 Å². The SMILES string of the molecule is CCC1CCC(CNc2cc(Cl)ccc2C(=O)O)CC1. The lowest BCUT2D eigenvalue weighted by atomic mass is 9.81. The third-order valence-electron chi connectivity index (χ3n) is 4.34. The summed E-state index contributed by atoms with van der Waals surface area (Å²) in [4.78, 5) is 11.2. The first-order valence-corrected chi connectivity index (χ1v) is 7.74. The van der Waals surface area contributed by atoms with Crippen molar-refractivity contribution in [3.8, 4) is 0 Å². The molecular formula is C16H22ClNO2. The second-order valence-electron chi connectivity index (χ2n) is 5.67. The predicted octanol–water partition coefficient (Wildman–Crippen LogP) is 4.67. The molecular weight excluding hydrogens is 274 g/mol. The number of carbonyl (C=O) groups is 1. The van der Waals surface area contributed by atoms with Gasteiger partial charge in [-0.1, -0.05) is 37.8 Å². The highest BCUT2D eigenvalue weighted by atomic mass is 35.5. The third kappa shape index (κ3) is 3.89. The number of hydrogen-bond acceptors (Lipinski definition) is 2. The lowest BCUT2D eigenvalue weighted by Gasteiger charge is -2.28. The molecule has 0 aliphatic heterocycles. The Balaban J connectivity index is 1.94. The first-order chi connectivity index (χ1) is 9.60. The van der Waals surface area contributed by atoms with Crippen molar-refractivity contribution in [1.29, 1.82) is 0 Å². The van der Waals surface area contributed by atoms with E-state index in [1.165, 1.54) is 32.1 Å². The molecule has 1 aromatic rings. The normalized spacial score (nSPS) is 22.5. The van der Waals surface area contributed by atoms with Crippen molar-refractivity contribution >= 4 is 23.3 Å². The van der Waals surface area contributed by atoms with Crippen LogP contribution in [0.25, 0.3) is 0 Å². The Morgan fingerprint density at radius 2 is 1.95 bits per heavy atom. The van der Waals surface area contributed by atoms with E-state index in [1.807, 2.05) is 0 Å². The van der Waals surface area contributed by atoms with E-state index in [1.54, 1.807) is 18.2 Å². The number of carboxylic acid groups (broad SMARTS) is 1. The van der Waals surface area contributed by atoms with Gasteiger partial charge < -0.3 is 10.4 Å². The maximum absolute atomic E-state index is 11.2. The van der Waals surface area contributed by atoms with Crippen LogP contribution in [-0.2, 0) is 0 Å². The molecule has 1 aliphatic rings. The third-order valence-corrected chi connectivity index (χ3v) is 4.57. The molecule has 0 saturated heterocycles. The van der Waals surface area contributed by atoms with E-state index in [0.29, 0.717) is 16.6 Å². The summed E-state index contributed by atoms with van der Waals surface area (Å²) in [5.41, 5.74) is 0.916. The average Bonchev–Trinajstić information content (AvgIpc) is 2.45. The standard InChI is InChI=1S/C16H22ClNO2/c1-2-11-3-5-12(6-4-11)10-18-15-9-13(17)7-8-14(15)16(19)20/h7-9,11-12,18H,2-6,10H2,1H3,(H,19,20). The Hall–Kier alpha value is -1.22. The molecule has 0 heterocycles. The molecule has 0 radical (unpaired) electrons. The van der Waals surface area contributed by atoms with E-state index in [2.05, 4.69) is 12.2 Å². The molecule has 0 amide bonds. The lowest BCUT2D eigenvalue weighted by Crippen LogP contribution is -2.21. The Bertz CT molecular complexity index is 468. The summed E-state index contributed by atoms with van der Waals surface area (Å²) in [6.07, 6.45) is 6.33. The van der Waals surface area contributed by atoms with Crippen LogP contribution in [0.1, 0.15) is 49.4 Å². The molecule has 0 spiro atoms. The fraction of sp³-hybridized carbons (Fsp3) is 0.562. The molecule has 0 unspecified atom stereocenters. The Labute approximate surface area is 125 Å². The van der Waals surface area contributed by atoms with Gasteiger partial charge >= 0.3 is 5.97 Å². The first-order valence-electron chi connectivity index (χ1n) is 7.36. The number of nitrogens with one attached hydrogen (secondary N) is 1. The van der Waals surface area contributed by atoms with Gasteiger partial charge in [-0.2, -0.15) is 0 Å². The van der Waals surface area contributed by atoms with Gasteiger partial charge in [-0.15, -0.1) is 0 Å². The number of benzene rings is 1. The molecule has 0 bridgehead atoms. The highest BCUT2D eigenvalue weighted by Crippen LogP contribution is 2.31. The van der Waals surface area contributed by atoms with Crippen molar-refractivity contribution in [1.82, 2.24) is 0 Å². The summed E-state index contributed by atoms with van der Waals surface area (Å²) in [5.74, 6) is 0.601. The average molecular weight is 296 g/mol. The topological polar surface area (TPSA) is 49.3 Å². The Morgan fingerprint density at radius 3 is 2.55 bits per heavy atom. The van der Waals surface area contributed by atoms with Crippen LogP contribution in [0.15, 0.2) is 18.2 Å². The summed E-state index contributed by atoms with van der Waals surface area (Å²) < 4.78 is 0. The minimum atomic E-state index is -0.918. The van der Waals surface area contributed by atoms with Gasteiger partial charge in [0.15, 0.2) is 0 Å². The van der Waals surface area contributed by atoms with Gasteiger partial charge in [-0.25, -0.2) is 4.79 Å². The smallest absolute Gasteiger partial charge is 0.337 e. The van der Waals surface area contributed by atoms with Crippen LogP contribution in [0.3, 0.4) is 0 Å². The zero-order chi connectivity index (χ0) is 14.5. The van der Waals surface area contributed by atoms with Gasteiger partial charge in [0.05, 0.1) is 11.3 Å². The number of rotatable bonds is 5. The minimum absolute atomic E-state index is 0.289. The van der Waals surface area contributed by atoms with E-state index in [-0.39, 0.29) is 5.56 Å². The quantitative estimate of drug-likeness (QED) is 0.830. The first kappa shape index (κ1) is 15.2. The van der Waals surface area contributed by atoms with Crippen molar-refractivity contribution in [2.45, 2.75) is 39.0 Å². The molecule has 20 heavy (non-hydrogen) atoms. The molecule has 2 rings (SSSR count). The van der Waals surface area contributed by atoms with Crippen LogP contribution < -0.4 is 5.32 Å². The fourth-order valence-electron chi connectivity index (χ4n) is 2.95. The molecule has 0 aromatic heterocycles. The molecule has 1 aliphatic carbocycles. The monoisotopic (exact) mass is 295 g/mol. The highest BCUT2D eigenvalue weighted by molar-refractivity contribution is 6.31. The molecule has 1 saturated carbocycles. The van der Waals surface area contributed by atoms with E-state index < -0.39 is 5.97 Å². The van der Waals surface area contributed by atoms with E-state index >= 15 is 0 Å². The molecule has 1 aromatic carbocycles. The molecule has 4 heteroatoms. The zero-order valence-corrected chi connectivity index (χ0v) is 12.6. The van der Waals surface area contributed by atoms with Crippen LogP contribution >= 0.6 is 11.6 Å². The van der Waals surface area contributed by atoms with Crippen molar-refractivity contribution in [2.24, 2.45) is 11.8 Å². The second kappa shape index (κ2) is 6.98. The van der Waals surface area contributed by atoms with Crippen LogP contribution in [0.2, 0.25) is 5.02 Å². The second-order valence-corrected chi connectivity index (χ2v) is 6.11. The zero-order valence-electron chi connectivity index (χ0n) is 11.9. The van der Waals surface area contributed by atoms with Gasteiger partial charge in [0.25, 0.3) is 0 Å². The van der Waals surface area contributed by atoms with Gasteiger partial charge in [0, 0.05) is 11.6 Å². The number of aromatic carboxylic acids is 1. The summed E-state index contributed by atoms with van der Waals surface area (Å²) in [6, 6.07) is 4.87. The molecule has 2 N–H and O–H groups in total. The number of hydrogen-bond donors (Lipinski definition) is 2. The Kier molecular flexibility index (Phi) is 5.30. The van der Waals surface area contributed by atoms with Gasteiger partial charge in [-0.05, 0) is 42.9 Å². The molecule has 1 fully saturated rings. The number of carboxylic acids is 1. The predicted molar refractivity (Wildman–Crippen MR) is 82.6 cm³/mol.